The van der Waals surface area contributed by atoms with E-state index in [9.17, 15) is 9.59 Å². The maximum atomic E-state index is 12.9. The third-order valence-corrected chi connectivity index (χ3v) is 6.74. The summed E-state index contributed by atoms with van der Waals surface area (Å²) < 4.78 is 0. The smallest absolute Gasteiger partial charge is 0.226 e. The van der Waals surface area contributed by atoms with E-state index in [1.807, 2.05) is 60.0 Å². The van der Waals surface area contributed by atoms with Gasteiger partial charge in [0.1, 0.15) is 0 Å². The summed E-state index contributed by atoms with van der Waals surface area (Å²) in [4.78, 5) is 30.0. The summed E-state index contributed by atoms with van der Waals surface area (Å²) in [5.41, 5.74) is 9.30. The molecule has 2 aromatic carbocycles. The van der Waals surface area contributed by atoms with Gasteiger partial charge in [-0.05, 0) is 37.0 Å². The number of rotatable bonds is 8. The molecule has 4 rings (SSSR count). The van der Waals surface area contributed by atoms with Crippen LogP contribution < -0.4 is 16.4 Å². The Morgan fingerprint density at radius 3 is 2.42 bits per heavy atom. The molecule has 0 unspecified atom stereocenters. The number of anilines is 2. The lowest BCUT2D eigenvalue weighted by atomic mass is 9.88. The van der Waals surface area contributed by atoms with Crippen LogP contribution in [0.2, 0.25) is 0 Å². The van der Waals surface area contributed by atoms with Crippen LogP contribution in [0, 0.1) is 5.92 Å². The van der Waals surface area contributed by atoms with Crippen molar-refractivity contribution < 1.29 is 9.59 Å². The van der Waals surface area contributed by atoms with Crippen molar-refractivity contribution in [2.24, 2.45) is 5.92 Å². The van der Waals surface area contributed by atoms with Crippen LogP contribution >= 0.6 is 11.3 Å². The van der Waals surface area contributed by atoms with Gasteiger partial charge in [0, 0.05) is 35.0 Å². The zero-order valence-electron chi connectivity index (χ0n) is 18.6. The van der Waals surface area contributed by atoms with Crippen molar-refractivity contribution >= 4 is 34.0 Å². The molecule has 0 spiro atoms. The van der Waals surface area contributed by atoms with Crippen molar-refractivity contribution in [3.8, 4) is 11.3 Å². The number of nitrogens with zero attached hydrogens (tertiary/aromatic N) is 1. The van der Waals surface area contributed by atoms with Gasteiger partial charge in [-0.2, -0.15) is 0 Å². The Hall–Kier alpha value is -3.19. The third-order valence-electron chi connectivity index (χ3n) is 6.07. The Morgan fingerprint density at radius 2 is 1.76 bits per heavy atom. The molecule has 1 atom stereocenters. The Morgan fingerprint density at radius 1 is 1.03 bits per heavy atom. The molecule has 172 valence electrons. The van der Waals surface area contributed by atoms with Crippen molar-refractivity contribution in [3.63, 3.8) is 0 Å². The second-order valence-corrected chi connectivity index (χ2v) is 9.52. The van der Waals surface area contributed by atoms with Gasteiger partial charge in [-0.3, -0.25) is 9.59 Å². The van der Waals surface area contributed by atoms with Crippen molar-refractivity contribution in [2.75, 3.05) is 11.1 Å². The molecule has 3 aromatic rings. The lowest BCUT2D eigenvalue weighted by molar-refractivity contribution is -0.127. The van der Waals surface area contributed by atoms with Crippen LogP contribution in [0.3, 0.4) is 0 Å². The van der Waals surface area contributed by atoms with E-state index >= 15 is 0 Å². The Balaban J connectivity index is 1.38. The number of amides is 2. The van der Waals surface area contributed by atoms with Crippen molar-refractivity contribution in [1.82, 2.24) is 10.3 Å². The minimum Gasteiger partial charge on any atom is -0.375 e. The minimum absolute atomic E-state index is 0.0624. The second kappa shape index (κ2) is 11.1. The number of nitrogens with two attached hydrogens (primary N) is 1. The summed E-state index contributed by atoms with van der Waals surface area (Å²) in [7, 11) is 0. The monoisotopic (exact) mass is 462 g/mol. The number of benzene rings is 2. The van der Waals surface area contributed by atoms with Gasteiger partial charge < -0.3 is 16.4 Å². The maximum Gasteiger partial charge on any atom is 0.226 e. The Kier molecular flexibility index (Phi) is 7.73. The van der Waals surface area contributed by atoms with E-state index in [-0.39, 0.29) is 30.2 Å². The van der Waals surface area contributed by atoms with Crippen LogP contribution in [-0.2, 0) is 16.0 Å². The van der Waals surface area contributed by atoms with E-state index in [0.717, 1.165) is 42.5 Å². The zero-order valence-corrected chi connectivity index (χ0v) is 19.4. The summed E-state index contributed by atoms with van der Waals surface area (Å²) in [6.45, 7) is 0. The number of hydrogen-bond donors (Lipinski definition) is 3. The first-order valence-corrected chi connectivity index (χ1v) is 12.4. The highest BCUT2D eigenvalue weighted by atomic mass is 32.1. The van der Waals surface area contributed by atoms with Crippen LogP contribution in [0.4, 0.5) is 10.8 Å². The molecular weight excluding hydrogens is 432 g/mol. The molecule has 7 heteroatoms. The van der Waals surface area contributed by atoms with E-state index in [1.54, 1.807) is 0 Å². The molecule has 0 radical (unpaired) electrons. The first-order valence-electron chi connectivity index (χ1n) is 11.5. The highest BCUT2D eigenvalue weighted by Crippen LogP contribution is 2.25. The van der Waals surface area contributed by atoms with Gasteiger partial charge in [-0.1, -0.05) is 61.7 Å². The number of carbonyl (C=O) groups is 2. The maximum absolute atomic E-state index is 12.9. The molecule has 1 aliphatic carbocycles. The number of nitrogen functional groups attached to an aromatic ring is 1. The largest absolute Gasteiger partial charge is 0.375 e. The van der Waals surface area contributed by atoms with E-state index < -0.39 is 0 Å². The lowest BCUT2D eigenvalue weighted by Gasteiger charge is -2.25. The van der Waals surface area contributed by atoms with Gasteiger partial charge in [0.05, 0.1) is 5.69 Å². The molecule has 1 heterocycles. The average molecular weight is 463 g/mol. The highest BCUT2D eigenvalue weighted by Gasteiger charge is 2.24. The van der Waals surface area contributed by atoms with Crippen molar-refractivity contribution in [3.05, 3.63) is 65.5 Å². The Labute approximate surface area is 198 Å². The van der Waals surface area contributed by atoms with E-state index in [1.165, 1.54) is 17.8 Å². The van der Waals surface area contributed by atoms with Gasteiger partial charge in [-0.25, -0.2) is 4.98 Å². The molecule has 33 heavy (non-hydrogen) atoms. The summed E-state index contributed by atoms with van der Waals surface area (Å²) in [6.07, 6.45) is 6.12. The molecule has 0 aliphatic heterocycles. The molecule has 1 fully saturated rings. The van der Waals surface area contributed by atoms with Crippen molar-refractivity contribution in [1.29, 1.82) is 0 Å². The number of carbonyl (C=O) groups excluding carboxylic acids is 2. The third kappa shape index (κ3) is 6.65. The molecule has 0 bridgehead atoms. The molecule has 1 aliphatic rings. The lowest BCUT2D eigenvalue weighted by Crippen LogP contribution is -2.42. The van der Waals surface area contributed by atoms with E-state index in [4.69, 9.17) is 5.73 Å². The molecule has 2 amide bonds. The summed E-state index contributed by atoms with van der Waals surface area (Å²) in [5.74, 6) is 0.0215. The molecule has 6 nitrogen and oxygen atoms in total. The normalized spacial score (nSPS) is 15.0. The summed E-state index contributed by atoms with van der Waals surface area (Å²) >= 11 is 1.40. The predicted molar refractivity (Wildman–Crippen MR) is 134 cm³/mol. The number of thiazole rings is 1. The highest BCUT2D eigenvalue weighted by molar-refractivity contribution is 7.13. The van der Waals surface area contributed by atoms with Crippen LogP contribution in [0.15, 0.2) is 60.0 Å². The fraction of sp³-hybridized carbons (Fsp3) is 0.346. The van der Waals surface area contributed by atoms with Crippen LogP contribution in [-0.4, -0.2) is 22.8 Å². The molecule has 0 saturated heterocycles. The average Bonchev–Trinajstić information content (AvgIpc) is 3.27. The summed E-state index contributed by atoms with van der Waals surface area (Å²) in [5, 5.41) is 8.57. The first-order chi connectivity index (χ1) is 16.1. The van der Waals surface area contributed by atoms with Crippen LogP contribution in [0.25, 0.3) is 11.3 Å². The van der Waals surface area contributed by atoms with Gasteiger partial charge in [0.2, 0.25) is 11.8 Å². The molecular formula is C26H30N4O2S. The predicted octanol–water partition coefficient (Wildman–Crippen LogP) is 5.03. The fourth-order valence-corrected chi connectivity index (χ4v) is 4.91. The van der Waals surface area contributed by atoms with E-state index in [0.29, 0.717) is 17.2 Å². The number of hydrogen-bond acceptors (Lipinski definition) is 5. The van der Waals surface area contributed by atoms with Crippen LogP contribution in [0.1, 0.15) is 44.1 Å². The number of aromatic nitrogens is 1. The minimum atomic E-state index is -0.251. The zero-order chi connectivity index (χ0) is 23.0. The topological polar surface area (TPSA) is 97.1 Å². The first kappa shape index (κ1) is 23.0. The quantitative estimate of drug-likeness (QED) is 0.437. The molecule has 1 aromatic heterocycles. The van der Waals surface area contributed by atoms with Crippen LogP contribution in [0.5, 0.6) is 0 Å². The molecule has 4 N–H and O–H groups in total. The SMILES string of the molecule is Nc1nc(-c2ccc(NC(=O)C[C@H](Cc3ccccc3)NC(=O)C3CCCCC3)cc2)cs1. The van der Waals surface area contributed by atoms with Gasteiger partial charge in [0.25, 0.3) is 0 Å². The number of nitrogens with one attached hydrogen (secondary N) is 2. The van der Waals surface area contributed by atoms with Gasteiger partial charge in [-0.15, -0.1) is 11.3 Å². The second-order valence-electron chi connectivity index (χ2n) is 8.63. The Bertz CT molecular complexity index is 1060. The van der Waals surface area contributed by atoms with Gasteiger partial charge >= 0.3 is 0 Å². The summed E-state index contributed by atoms with van der Waals surface area (Å²) in [6, 6.07) is 17.3. The molecule has 1 saturated carbocycles. The van der Waals surface area contributed by atoms with E-state index in [2.05, 4.69) is 15.6 Å². The fourth-order valence-electron chi connectivity index (χ4n) is 4.34. The van der Waals surface area contributed by atoms with Gasteiger partial charge in [0.15, 0.2) is 5.13 Å². The van der Waals surface area contributed by atoms with Crippen molar-refractivity contribution in [2.45, 2.75) is 51.0 Å². The standard InChI is InChI=1S/C26H30N4O2S/c27-26-30-23(17-33-26)19-11-13-21(14-12-19)28-24(31)16-22(15-18-7-3-1-4-8-18)29-25(32)20-9-5-2-6-10-20/h1,3-4,7-8,11-14,17,20,22H,2,5-6,9-10,15-16H2,(H2,27,30)(H,28,31)(H,29,32)/t22-/m0/s1.